The first-order chi connectivity index (χ1) is 13.1. The van der Waals surface area contributed by atoms with Gasteiger partial charge in [-0.05, 0) is 50.5 Å². The molecule has 1 fully saturated rings. The van der Waals surface area contributed by atoms with Crippen LogP contribution in [-0.2, 0) is 9.53 Å². The van der Waals surface area contributed by atoms with Gasteiger partial charge in [-0.2, -0.15) is 0 Å². The van der Waals surface area contributed by atoms with Gasteiger partial charge < -0.3 is 10.1 Å². The SMILES string of the molecule is C1CCOC1.CC.CC(=O)c1ccccc1Sc1cc(NC=O)ccc1C.[HH]. The molecule has 0 aliphatic carbocycles. The van der Waals surface area contributed by atoms with E-state index in [0.29, 0.717) is 12.0 Å². The molecule has 148 valence electrons. The van der Waals surface area contributed by atoms with Crippen LogP contribution in [0.4, 0.5) is 5.69 Å². The number of ketones is 1. The minimum atomic E-state index is 0. The molecule has 27 heavy (non-hydrogen) atoms. The Morgan fingerprint density at radius 1 is 1.11 bits per heavy atom. The van der Waals surface area contributed by atoms with Crippen molar-refractivity contribution in [2.45, 2.75) is 50.3 Å². The lowest BCUT2D eigenvalue weighted by atomic mass is 10.1. The maximum atomic E-state index is 11.6. The van der Waals surface area contributed by atoms with E-state index in [2.05, 4.69) is 5.32 Å². The van der Waals surface area contributed by atoms with Crippen LogP contribution >= 0.6 is 11.8 Å². The van der Waals surface area contributed by atoms with Gasteiger partial charge in [-0.1, -0.05) is 49.9 Å². The van der Waals surface area contributed by atoms with Crippen molar-refractivity contribution < 1.29 is 15.8 Å². The molecule has 0 spiro atoms. The van der Waals surface area contributed by atoms with Gasteiger partial charge in [0, 0.05) is 35.7 Å². The quantitative estimate of drug-likeness (QED) is 0.504. The number of carbonyl (C=O) groups is 2. The second kappa shape index (κ2) is 13.1. The Morgan fingerprint density at radius 2 is 1.78 bits per heavy atom. The number of Topliss-reactive ketones (excluding diaryl/α,β-unsaturated/α-hetero) is 1. The fraction of sp³-hybridized carbons (Fsp3) is 0.364. The van der Waals surface area contributed by atoms with Gasteiger partial charge in [0.1, 0.15) is 0 Å². The predicted octanol–water partition coefficient (Wildman–Crippen LogP) is 5.99. The van der Waals surface area contributed by atoms with Crippen LogP contribution in [0, 0.1) is 6.92 Å². The summed E-state index contributed by atoms with van der Waals surface area (Å²) in [4.78, 5) is 24.1. The molecule has 0 aromatic heterocycles. The summed E-state index contributed by atoms with van der Waals surface area (Å²) in [6.07, 6.45) is 3.21. The lowest BCUT2D eigenvalue weighted by molar-refractivity contribution is -0.105. The zero-order chi connectivity index (χ0) is 20.1. The van der Waals surface area contributed by atoms with Crippen molar-refractivity contribution in [3.63, 3.8) is 0 Å². The van der Waals surface area contributed by atoms with E-state index in [1.54, 1.807) is 6.92 Å². The molecule has 1 aliphatic heterocycles. The topological polar surface area (TPSA) is 55.4 Å². The largest absolute Gasteiger partial charge is 0.381 e. The summed E-state index contributed by atoms with van der Waals surface area (Å²) in [6, 6.07) is 13.2. The van der Waals surface area contributed by atoms with Crippen molar-refractivity contribution >= 4 is 29.6 Å². The van der Waals surface area contributed by atoms with Crippen molar-refractivity contribution in [1.82, 2.24) is 0 Å². The highest BCUT2D eigenvalue weighted by molar-refractivity contribution is 7.99. The van der Waals surface area contributed by atoms with Gasteiger partial charge in [0.15, 0.2) is 5.78 Å². The normalized spacial score (nSPS) is 12.1. The van der Waals surface area contributed by atoms with Gasteiger partial charge in [-0.3, -0.25) is 9.59 Å². The molecule has 1 amide bonds. The van der Waals surface area contributed by atoms with E-state index >= 15 is 0 Å². The number of amides is 1. The molecule has 1 N–H and O–H groups in total. The van der Waals surface area contributed by atoms with Crippen LogP contribution in [0.2, 0.25) is 0 Å². The van der Waals surface area contributed by atoms with E-state index in [4.69, 9.17) is 4.74 Å². The maximum Gasteiger partial charge on any atom is 0.211 e. The monoisotopic (exact) mass is 389 g/mol. The summed E-state index contributed by atoms with van der Waals surface area (Å²) in [5, 5.41) is 2.64. The average Bonchev–Trinajstić information content (AvgIpc) is 3.27. The lowest BCUT2D eigenvalue weighted by Gasteiger charge is -2.10. The number of rotatable bonds is 5. The summed E-state index contributed by atoms with van der Waals surface area (Å²) in [7, 11) is 0. The standard InChI is InChI=1S/C16H15NO2S.C4H8O.C2H6.H2/c1-11-7-8-13(17-10-18)9-16(11)20-15-6-4-3-5-14(15)12(2)19;1-2-4-5-3-1;1-2;/h3-10H,1-2H3,(H,17,18);1-4H2;1-2H3;1H. The van der Waals surface area contributed by atoms with Gasteiger partial charge in [-0.25, -0.2) is 0 Å². The fourth-order valence-electron chi connectivity index (χ4n) is 2.34. The minimum Gasteiger partial charge on any atom is -0.381 e. The van der Waals surface area contributed by atoms with E-state index < -0.39 is 0 Å². The molecule has 3 rings (SSSR count). The Morgan fingerprint density at radius 3 is 2.33 bits per heavy atom. The van der Waals surface area contributed by atoms with Gasteiger partial charge in [0.05, 0.1) is 0 Å². The first-order valence-electron chi connectivity index (χ1n) is 9.28. The molecule has 2 aromatic rings. The molecule has 1 aliphatic rings. The number of hydrogen-bond donors (Lipinski definition) is 1. The van der Waals surface area contributed by atoms with Crippen LogP contribution in [0.25, 0.3) is 0 Å². The van der Waals surface area contributed by atoms with Crippen molar-refractivity contribution in [3.05, 3.63) is 53.6 Å². The Bertz CT molecular complexity index is 726. The molecule has 0 atom stereocenters. The van der Waals surface area contributed by atoms with Crippen LogP contribution in [0.3, 0.4) is 0 Å². The van der Waals surface area contributed by atoms with Crippen molar-refractivity contribution in [2.24, 2.45) is 0 Å². The van der Waals surface area contributed by atoms with E-state index in [1.165, 1.54) is 24.6 Å². The average molecular weight is 390 g/mol. The number of ether oxygens (including phenoxy) is 1. The summed E-state index contributed by atoms with van der Waals surface area (Å²) >= 11 is 1.53. The Labute approximate surface area is 168 Å². The van der Waals surface area contributed by atoms with Crippen LogP contribution in [0.5, 0.6) is 0 Å². The highest BCUT2D eigenvalue weighted by atomic mass is 32.2. The second-order valence-electron chi connectivity index (χ2n) is 5.72. The molecule has 5 heteroatoms. The molecule has 2 aromatic carbocycles. The first-order valence-corrected chi connectivity index (χ1v) is 10.1. The van der Waals surface area contributed by atoms with Crippen molar-refractivity contribution in [3.8, 4) is 0 Å². The third-order valence-corrected chi connectivity index (χ3v) is 4.96. The van der Waals surface area contributed by atoms with Gasteiger partial charge in [-0.15, -0.1) is 0 Å². The van der Waals surface area contributed by atoms with Crippen LogP contribution in [0.1, 0.15) is 51.0 Å². The van der Waals surface area contributed by atoms with Crippen LogP contribution < -0.4 is 5.32 Å². The zero-order valence-corrected chi connectivity index (χ0v) is 17.4. The van der Waals surface area contributed by atoms with Gasteiger partial charge in [0.25, 0.3) is 0 Å². The highest BCUT2D eigenvalue weighted by Crippen LogP contribution is 2.34. The molecule has 1 heterocycles. The van der Waals surface area contributed by atoms with Crippen molar-refractivity contribution in [2.75, 3.05) is 18.5 Å². The fourth-order valence-corrected chi connectivity index (χ4v) is 3.46. The summed E-state index contributed by atoms with van der Waals surface area (Å²) < 4.78 is 4.94. The number of benzene rings is 2. The maximum absolute atomic E-state index is 11.6. The molecule has 4 nitrogen and oxygen atoms in total. The van der Waals surface area contributed by atoms with Gasteiger partial charge >= 0.3 is 0 Å². The molecular formula is C22H31NO3S. The number of anilines is 1. The summed E-state index contributed by atoms with van der Waals surface area (Å²) in [6.45, 7) is 9.57. The number of hydrogen-bond acceptors (Lipinski definition) is 4. The summed E-state index contributed by atoms with van der Waals surface area (Å²) in [5.74, 6) is 0.0490. The molecule has 0 radical (unpaired) electrons. The molecular weight excluding hydrogens is 358 g/mol. The second-order valence-corrected chi connectivity index (χ2v) is 6.80. The highest BCUT2D eigenvalue weighted by Gasteiger charge is 2.09. The molecule has 1 saturated heterocycles. The van der Waals surface area contributed by atoms with E-state index in [-0.39, 0.29) is 7.21 Å². The van der Waals surface area contributed by atoms with E-state index in [0.717, 1.165) is 34.3 Å². The van der Waals surface area contributed by atoms with Crippen LogP contribution in [0.15, 0.2) is 52.3 Å². The lowest BCUT2D eigenvalue weighted by Crippen LogP contribution is -1.96. The zero-order valence-electron chi connectivity index (χ0n) is 16.6. The molecule has 0 unspecified atom stereocenters. The summed E-state index contributed by atoms with van der Waals surface area (Å²) in [5.41, 5.74) is 2.56. The van der Waals surface area contributed by atoms with Crippen LogP contribution in [-0.4, -0.2) is 25.4 Å². The minimum absolute atomic E-state index is 0. The molecule has 0 bridgehead atoms. The van der Waals surface area contributed by atoms with E-state index in [1.807, 2.05) is 63.2 Å². The number of nitrogens with one attached hydrogen (secondary N) is 1. The van der Waals surface area contributed by atoms with Crippen molar-refractivity contribution in [1.29, 1.82) is 0 Å². The first kappa shape index (κ1) is 22.9. The Hall–Kier alpha value is -2.11. The smallest absolute Gasteiger partial charge is 0.211 e. The van der Waals surface area contributed by atoms with E-state index in [9.17, 15) is 9.59 Å². The number of carbonyl (C=O) groups excluding carboxylic acids is 2. The third kappa shape index (κ3) is 7.97. The Kier molecular flexibility index (Phi) is 11.1. The molecule has 0 saturated carbocycles. The van der Waals surface area contributed by atoms with Gasteiger partial charge in [0.2, 0.25) is 6.41 Å². The number of aryl methyl sites for hydroxylation is 1. The predicted molar refractivity (Wildman–Crippen MR) is 115 cm³/mol. The third-order valence-electron chi connectivity index (χ3n) is 3.73. The Balaban J connectivity index is 0.000000778.